The molecule has 0 spiro atoms. The molecule has 0 radical (unpaired) electrons. The predicted octanol–water partition coefficient (Wildman–Crippen LogP) is 1.86. The Morgan fingerprint density at radius 3 is 2.47 bits per heavy atom. The van der Waals surface area contributed by atoms with Gasteiger partial charge in [-0.25, -0.2) is 0 Å². The van der Waals surface area contributed by atoms with Crippen LogP contribution in [0.2, 0.25) is 0 Å². The quantitative estimate of drug-likeness (QED) is 0.669. The molecule has 1 atom stereocenters. The second-order valence-corrected chi connectivity index (χ2v) is 5.95. The summed E-state index contributed by atoms with van der Waals surface area (Å²) >= 11 is 0. The van der Waals surface area contributed by atoms with Crippen LogP contribution in [0.15, 0.2) is 0 Å². The Morgan fingerprint density at radius 1 is 1.29 bits per heavy atom. The smallest absolute Gasteiger partial charge is 0.0610 e. The minimum absolute atomic E-state index is 0.0869. The van der Waals surface area contributed by atoms with Gasteiger partial charge < -0.3 is 15.3 Å². The van der Waals surface area contributed by atoms with Gasteiger partial charge in [-0.15, -0.1) is 0 Å². The minimum atomic E-state index is -0.0869. The molecule has 1 rings (SSSR count). The fourth-order valence-corrected chi connectivity index (χ4v) is 2.42. The standard InChI is InChI=1S/C14H30N2O/c1-13-6-10-16(11-7-13)9-5-4-8-14(2,12-17)15-3/h13,15,17H,4-12H2,1-3H3. The zero-order chi connectivity index (χ0) is 12.7. The van der Waals surface area contributed by atoms with Crippen LogP contribution in [-0.2, 0) is 0 Å². The Labute approximate surface area is 107 Å². The summed E-state index contributed by atoms with van der Waals surface area (Å²) in [5.41, 5.74) is -0.0869. The van der Waals surface area contributed by atoms with Gasteiger partial charge in [-0.3, -0.25) is 0 Å². The number of aliphatic hydroxyl groups excluding tert-OH is 1. The second-order valence-electron chi connectivity index (χ2n) is 5.95. The molecule has 0 saturated carbocycles. The molecule has 0 aromatic heterocycles. The van der Waals surface area contributed by atoms with Crippen LogP contribution in [0.5, 0.6) is 0 Å². The number of likely N-dealkylation sites (N-methyl/N-ethyl adjacent to an activating group) is 1. The molecule has 1 aliphatic heterocycles. The van der Waals surface area contributed by atoms with Gasteiger partial charge in [-0.2, -0.15) is 0 Å². The molecule has 1 unspecified atom stereocenters. The number of hydrogen-bond donors (Lipinski definition) is 2. The summed E-state index contributed by atoms with van der Waals surface area (Å²) in [4.78, 5) is 2.59. The zero-order valence-corrected chi connectivity index (χ0v) is 11.8. The highest BCUT2D eigenvalue weighted by atomic mass is 16.3. The first-order valence-corrected chi connectivity index (χ1v) is 7.12. The molecule has 1 aliphatic rings. The van der Waals surface area contributed by atoms with Crippen molar-refractivity contribution in [2.45, 2.75) is 51.5 Å². The second kappa shape index (κ2) is 7.34. The molecule has 0 amide bonds. The van der Waals surface area contributed by atoms with E-state index in [2.05, 4.69) is 24.1 Å². The first-order valence-electron chi connectivity index (χ1n) is 7.12. The molecule has 0 aliphatic carbocycles. The summed E-state index contributed by atoms with van der Waals surface area (Å²) < 4.78 is 0. The first kappa shape index (κ1) is 14.9. The van der Waals surface area contributed by atoms with Gasteiger partial charge in [0, 0.05) is 5.54 Å². The van der Waals surface area contributed by atoms with Crippen molar-refractivity contribution >= 4 is 0 Å². The van der Waals surface area contributed by atoms with Crippen LogP contribution in [0.1, 0.15) is 46.0 Å². The van der Waals surface area contributed by atoms with E-state index >= 15 is 0 Å². The molecule has 3 nitrogen and oxygen atoms in total. The molecular weight excluding hydrogens is 212 g/mol. The predicted molar refractivity (Wildman–Crippen MR) is 73.2 cm³/mol. The lowest BCUT2D eigenvalue weighted by atomic mass is 9.95. The average molecular weight is 242 g/mol. The van der Waals surface area contributed by atoms with E-state index in [0.29, 0.717) is 0 Å². The van der Waals surface area contributed by atoms with Crippen molar-refractivity contribution in [1.82, 2.24) is 10.2 Å². The molecule has 102 valence electrons. The maximum Gasteiger partial charge on any atom is 0.0610 e. The van der Waals surface area contributed by atoms with Crippen LogP contribution in [0.3, 0.4) is 0 Å². The molecular formula is C14H30N2O. The van der Waals surface area contributed by atoms with E-state index in [1.54, 1.807) is 0 Å². The number of aliphatic hydroxyl groups is 1. The number of nitrogens with zero attached hydrogens (tertiary/aromatic N) is 1. The van der Waals surface area contributed by atoms with Crippen LogP contribution in [0.25, 0.3) is 0 Å². The lowest BCUT2D eigenvalue weighted by Gasteiger charge is -2.31. The third-order valence-electron chi connectivity index (χ3n) is 4.28. The topological polar surface area (TPSA) is 35.5 Å². The Kier molecular flexibility index (Phi) is 6.45. The molecule has 0 aromatic carbocycles. The highest BCUT2D eigenvalue weighted by Crippen LogP contribution is 2.17. The SMILES string of the molecule is CNC(C)(CO)CCCCN1CCC(C)CC1. The van der Waals surface area contributed by atoms with Crippen molar-refractivity contribution in [2.75, 3.05) is 33.3 Å². The van der Waals surface area contributed by atoms with E-state index in [4.69, 9.17) is 0 Å². The van der Waals surface area contributed by atoms with E-state index in [1.807, 2.05) is 7.05 Å². The summed E-state index contributed by atoms with van der Waals surface area (Å²) in [6.45, 7) is 8.48. The van der Waals surface area contributed by atoms with Crippen molar-refractivity contribution in [3.8, 4) is 0 Å². The molecule has 0 aromatic rings. The number of nitrogens with one attached hydrogen (secondary N) is 1. The number of rotatable bonds is 7. The van der Waals surface area contributed by atoms with Crippen molar-refractivity contribution in [3.63, 3.8) is 0 Å². The van der Waals surface area contributed by atoms with E-state index < -0.39 is 0 Å². The highest BCUT2D eigenvalue weighted by Gasteiger charge is 2.20. The number of piperidine rings is 1. The van der Waals surface area contributed by atoms with Crippen LogP contribution in [-0.4, -0.2) is 48.8 Å². The highest BCUT2D eigenvalue weighted by molar-refractivity contribution is 4.80. The maximum atomic E-state index is 9.29. The number of hydrogen-bond acceptors (Lipinski definition) is 3. The maximum absolute atomic E-state index is 9.29. The van der Waals surface area contributed by atoms with Gasteiger partial charge in [0.25, 0.3) is 0 Å². The van der Waals surface area contributed by atoms with Crippen molar-refractivity contribution < 1.29 is 5.11 Å². The van der Waals surface area contributed by atoms with Crippen molar-refractivity contribution in [1.29, 1.82) is 0 Å². The molecule has 17 heavy (non-hydrogen) atoms. The molecule has 0 bridgehead atoms. The van der Waals surface area contributed by atoms with Crippen LogP contribution >= 0.6 is 0 Å². The summed E-state index contributed by atoms with van der Waals surface area (Å²) in [7, 11) is 1.93. The minimum Gasteiger partial charge on any atom is -0.394 e. The van der Waals surface area contributed by atoms with Gasteiger partial charge in [0.1, 0.15) is 0 Å². The third-order valence-corrected chi connectivity index (χ3v) is 4.28. The largest absolute Gasteiger partial charge is 0.394 e. The first-order chi connectivity index (χ1) is 8.09. The summed E-state index contributed by atoms with van der Waals surface area (Å²) in [5.74, 6) is 0.924. The number of likely N-dealkylation sites (tertiary alicyclic amines) is 1. The summed E-state index contributed by atoms with van der Waals surface area (Å²) in [5, 5.41) is 12.5. The monoisotopic (exact) mass is 242 g/mol. The lowest BCUT2D eigenvalue weighted by Crippen LogP contribution is -2.43. The third kappa shape index (κ3) is 5.36. The molecule has 1 heterocycles. The fourth-order valence-electron chi connectivity index (χ4n) is 2.42. The van der Waals surface area contributed by atoms with Gasteiger partial charge in [0.2, 0.25) is 0 Å². The Morgan fingerprint density at radius 2 is 1.94 bits per heavy atom. The van der Waals surface area contributed by atoms with E-state index in [9.17, 15) is 5.11 Å². The fraction of sp³-hybridized carbons (Fsp3) is 1.00. The summed E-state index contributed by atoms with van der Waals surface area (Å²) in [6.07, 6.45) is 6.25. The van der Waals surface area contributed by atoms with Gasteiger partial charge >= 0.3 is 0 Å². The molecule has 1 fully saturated rings. The van der Waals surface area contributed by atoms with Gasteiger partial charge in [-0.1, -0.05) is 13.3 Å². The van der Waals surface area contributed by atoms with E-state index in [0.717, 1.165) is 12.3 Å². The average Bonchev–Trinajstić information content (AvgIpc) is 2.36. The van der Waals surface area contributed by atoms with Crippen LogP contribution in [0, 0.1) is 5.92 Å². The van der Waals surface area contributed by atoms with Gasteiger partial charge in [0.05, 0.1) is 6.61 Å². The van der Waals surface area contributed by atoms with Crippen molar-refractivity contribution in [2.24, 2.45) is 5.92 Å². The van der Waals surface area contributed by atoms with E-state index in [-0.39, 0.29) is 12.1 Å². The molecule has 2 N–H and O–H groups in total. The van der Waals surface area contributed by atoms with E-state index in [1.165, 1.54) is 45.3 Å². The Balaban J connectivity index is 2.08. The Bertz CT molecular complexity index is 196. The lowest BCUT2D eigenvalue weighted by molar-refractivity contribution is 0.162. The van der Waals surface area contributed by atoms with Crippen LogP contribution in [0.4, 0.5) is 0 Å². The van der Waals surface area contributed by atoms with Crippen LogP contribution < -0.4 is 5.32 Å². The van der Waals surface area contributed by atoms with Gasteiger partial charge in [0.15, 0.2) is 0 Å². The zero-order valence-electron chi connectivity index (χ0n) is 11.8. The normalized spacial score (nSPS) is 22.6. The summed E-state index contributed by atoms with van der Waals surface area (Å²) in [6, 6.07) is 0. The van der Waals surface area contributed by atoms with Crippen molar-refractivity contribution in [3.05, 3.63) is 0 Å². The Hall–Kier alpha value is -0.120. The molecule has 1 saturated heterocycles. The molecule has 3 heteroatoms. The number of unbranched alkanes of at least 4 members (excludes halogenated alkanes) is 1. The van der Waals surface area contributed by atoms with Gasteiger partial charge in [-0.05, 0) is 65.2 Å².